The summed E-state index contributed by atoms with van der Waals surface area (Å²) >= 11 is 16.6. The third kappa shape index (κ3) is 5.01. The maximum Gasteiger partial charge on any atom is 0.234 e. The number of nitrogens with zero attached hydrogens (tertiary/aromatic N) is 3. The van der Waals surface area contributed by atoms with Gasteiger partial charge in [0.15, 0.2) is 0 Å². The molecule has 1 aromatic carbocycles. The Morgan fingerprint density at radius 2 is 2.03 bits per heavy atom. The fourth-order valence-electron chi connectivity index (χ4n) is 2.58. The van der Waals surface area contributed by atoms with Gasteiger partial charge in [-0.3, -0.25) is 4.79 Å². The molecule has 0 atom stereocenters. The molecule has 4 rings (SSSR count). The summed E-state index contributed by atoms with van der Waals surface area (Å²) in [6.45, 7) is 1.97. The summed E-state index contributed by atoms with van der Waals surface area (Å²) in [6, 6.07) is 12.7. The van der Waals surface area contributed by atoms with Crippen LogP contribution < -0.4 is 5.32 Å². The lowest BCUT2D eigenvalue weighted by Crippen LogP contribution is -2.14. The average Bonchev–Trinajstić information content (AvgIpc) is 3.39. The molecule has 0 saturated carbocycles. The first-order valence-corrected chi connectivity index (χ1v) is 12.2. The lowest BCUT2D eigenvalue weighted by Gasteiger charge is -2.07. The van der Waals surface area contributed by atoms with Crippen molar-refractivity contribution in [1.29, 1.82) is 0 Å². The molecule has 0 saturated heterocycles. The van der Waals surface area contributed by atoms with Gasteiger partial charge in [-0.2, -0.15) is 0 Å². The van der Waals surface area contributed by atoms with Crippen LogP contribution in [0, 0.1) is 6.92 Å². The highest BCUT2D eigenvalue weighted by Gasteiger charge is 2.14. The van der Waals surface area contributed by atoms with Crippen molar-refractivity contribution in [2.75, 3.05) is 11.1 Å². The predicted molar refractivity (Wildman–Crippen MR) is 127 cm³/mol. The van der Waals surface area contributed by atoms with Crippen LogP contribution in [-0.2, 0) is 4.79 Å². The van der Waals surface area contributed by atoms with E-state index in [0.29, 0.717) is 20.8 Å². The van der Waals surface area contributed by atoms with Crippen molar-refractivity contribution in [2.24, 2.45) is 0 Å². The zero-order valence-electron chi connectivity index (χ0n) is 15.6. The molecule has 0 unspecified atom stereocenters. The van der Waals surface area contributed by atoms with E-state index < -0.39 is 0 Å². The summed E-state index contributed by atoms with van der Waals surface area (Å²) in [5.74, 6) is -0.0205. The molecule has 10 heteroatoms. The van der Waals surface area contributed by atoms with E-state index in [1.165, 1.54) is 11.8 Å². The van der Waals surface area contributed by atoms with Crippen molar-refractivity contribution in [3.05, 3.63) is 63.6 Å². The van der Waals surface area contributed by atoms with Crippen LogP contribution in [0.3, 0.4) is 0 Å². The summed E-state index contributed by atoms with van der Waals surface area (Å²) in [7, 11) is 0. The molecule has 0 aliphatic rings. The standard InChI is InChI=1S/C20H14Cl2N4OS3/c1-11-19(30-20(23-11)16-3-2-8-28-16)14-6-7-18(26-25-14)29-10-17(27)24-15-9-12(21)4-5-13(15)22/h2-9H,10H2,1H3,(H,24,27). The molecule has 0 fully saturated rings. The number of nitrogens with one attached hydrogen (secondary N) is 1. The zero-order chi connectivity index (χ0) is 21.1. The van der Waals surface area contributed by atoms with Gasteiger partial charge in [0.25, 0.3) is 0 Å². The van der Waals surface area contributed by atoms with Gasteiger partial charge >= 0.3 is 0 Å². The van der Waals surface area contributed by atoms with Crippen LogP contribution in [0.2, 0.25) is 10.0 Å². The summed E-state index contributed by atoms with van der Waals surface area (Å²) in [4.78, 5) is 19.0. The minimum atomic E-state index is -0.200. The number of halogens is 2. The monoisotopic (exact) mass is 492 g/mol. The average molecular weight is 493 g/mol. The van der Waals surface area contributed by atoms with Gasteiger partial charge in [-0.05, 0) is 48.7 Å². The molecule has 0 bridgehead atoms. The fraction of sp³-hybridized carbons (Fsp3) is 0.100. The summed E-state index contributed by atoms with van der Waals surface area (Å²) < 4.78 is 0. The number of carbonyl (C=O) groups is 1. The van der Waals surface area contributed by atoms with E-state index in [1.54, 1.807) is 40.9 Å². The maximum atomic E-state index is 12.2. The van der Waals surface area contributed by atoms with Gasteiger partial charge in [0, 0.05) is 5.02 Å². The Hall–Kier alpha value is -1.97. The summed E-state index contributed by atoms with van der Waals surface area (Å²) in [5.41, 5.74) is 2.18. The van der Waals surface area contributed by atoms with Gasteiger partial charge in [0.05, 0.1) is 31.9 Å². The first-order valence-electron chi connectivity index (χ1n) is 8.73. The Morgan fingerprint density at radius 1 is 1.17 bits per heavy atom. The number of thioether (sulfide) groups is 1. The number of benzene rings is 1. The highest BCUT2D eigenvalue weighted by atomic mass is 35.5. The van der Waals surface area contributed by atoms with Crippen molar-refractivity contribution >= 4 is 69.2 Å². The van der Waals surface area contributed by atoms with Crippen LogP contribution in [0.5, 0.6) is 0 Å². The molecule has 0 spiro atoms. The zero-order valence-corrected chi connectivity index (χ0v) is 19.5. The number of hydrogen-bond donors (Lipinski definition) is 1. The Bertz CT molecular complexity index is 1180. The molecule has 4 aromatic rings. The van der Waals surface area contributed by atoms with Crippen molar-refractivity contribution in [3.63, 3.8) is 0 Å². The van der Waals surface area contributed by atoms with Gasteiger partial charge < -0.3 is 5.32 Å². The van der Waals surface area contributed by atoms with Crippen LogP contribution in [0.1, 0.15) is 5.69 Å². The predicted octanol–water partition coefficient (Wildman–Crippen LogP) is 6.67. The second kappa shape index (κ2) is 9.45. The van der Waals surface area contributed by atoms with E-state index in [9.17, 15) is 4.79 Å². The smallest absolute Gasteiger partial charge is 0.234 e. The first-order chi connectivity index (χ1) is 14.5. The molecule has 0 aliphatic heterocycles. The summed E-state index contributed by atoms with van der Waals surface area (Å²) in [6.07, 6.45) is 0. The molecule has 1 N–H and O–H groups in total. The fourth-order valence-corrected chi connectivity index (χ4v) is 5.36. The number of aromatic nitrogens is 3. The molecular formula is C20H14Cl2N4OS3. The first kappa shape index (κ1) is 21.3. The Kier molecular flexibility index (Phi) is 6.70. The number of aryl methyl sites for hydroxylation is 1. The number of anilines is 1. The van der Waals surface area contributed by atoms with Crippen molar-refractivity contribution in [3.8, 4) is 20.5 Å². The van der Waals surface area contributed by atoms with Crippen molar-refractivity contribution in [1.82, 2.24) is 15.2 Å². The van der Waals surface area contributed by atoms with E-state index in [4.69, 9.17) is 23.2 Å². The quantitative estimate of drug-likeness (QED) is 0.304. The molecule has 3 heterocycles. The number of hydrogen-bond acceptors (Lipinski definition) is 7. The van der Waals surface area contributed by atoms with E-state index >= 15 is 0 Å². The highest BCUT2D eigenvalue weighted by molar-refractivity contribution is 7.99. The third-order valence-corrected chi connectivity index (χ3v) is 7.66. The van der Waals surface area contributed by atoms with E-state index in [1.807, 2.05) is 30.5 Å². The van der Waals surface area contributed by atoms with Gasteiger partial charge in [-0.15, -0.1) is 32.9 Å². The van der Waals surface area contributed by atoms with E-state index in [0.717, 1.165) is 26.1 Å². The normalized spacial score (nSPS) is 10.9. The van der Waals surface area contributed by atoms with E-state index in [2.05, 4.69) is 26.6 Å². The lowest BCUT2D eigenvalue weighted by molar-refractivity contribution is -0.113. The number of thiazole rings is 1. The molecule has 1 amide bonds. The van der Waals surface area contributed by atoms with E-state index in [-0.39, 0.29) is 11.7 Å². The maximum absolute atomic E-state index is 12.2. The van der Waals surface area contributed by atoms with Crippen molar-refractivity contribution in [2.45, 2.75) is 11.9 Å². The minimum Gasteiger partial charge on any atom is -0.324 e. The minimum absolute atomic E-state index is 0.180. The molecule has 0 aliphatic carbocycles. The third-order valence-electron chi connectivity index (χ3n) is 3.95. The number of carbonyl (C=O) groups excluding carboxylic acids is 1. The van der Waals surface area contributed by atoms with Crippen LogP contribution in [0.25, 0.3) is 20.5 Å². The Balaban J connectivity index is 1.39. The second-order valence-corrected chi connectivity index (χ2v) is 9.91. The molecule has 0 radical (unpaired) electrons. The largest absolute Gasteiger partial charge is 0.324 e. The van der Waals surface area contributed by atoms with Crippen LogP contribution >= 0.6 is 57.6 Å². The van der Waals surface area contributed by atoms with Crippen molar-refractivity contribution < 1.29 is 4.79 Å². The number of thiophene rings is 1. The van der Waals surface area contributed by atoms with Gasteiger partial charge in [0.2, 0.25) is 5.91 Å². The van der Waals surface area contributed by atoms with Crippen LogP contribution in [-0.4, -0.2) is 26.8 Å². The Morgan fingerprint density at radius 3 is 2.77 bits per heavy atom. The van der Waals surface area contributed by atoms with Gasteiger partial charge in [0.1, 0.15) is 15.7 Å². The van der Waals surface area contributed by atoms with Gasteiger partial charge in [-0.1, -0.05) is 41.0 Å². The molecule has 30 heavy (non-hydrogen) atoms. The molecule has 5 nitrogen and oxygen atoms in total. The molecule has 3 aromatic heterocycles. The highest BCUT2D eigenvalue weighted by Crippen LogP contribution is 2.36. The molecular weight excluding hydrogens is 479 g/mol. The van der Waals surface area contributed by atoms with Crippen LogP contribution in [0.4, 0.5) is 5.69 Å². The van der Waals surface area contributed by atoms with Crippen LogP contribution in [0.15, 0.2) is 52.9 Å². The number of amides is 1. The topological polar surface area (TPSA) is 67.8 Å². The second-order valence-electron chi connectivity index (χ2n) is 6.13. The Labute approximate surface area is 195 Å². The number of rotatable bonds is 6. The lowest BCUT2D eigenvalue weighted by atomic mass is 10.3. The molecule has 152 valence electrons. The van der Waals surface area contributed by atoms with Gasteiger partial charge in [-0.25, -0.2) is 4.98 Å². The summed E-state index contributed by atoms with van der Waals surface area (Å²) in [5, 5.41) is 15.9. The SMILES string of the molecule is Cc1nc(-c2cccs2)sc1-c1ccc(SCC(=O)Nc2cc(Cl)ccc2Cl)nn1.